The fraction of sp³-hybridized carbons (Fsp3) is 0.208. The van der Waals surface area contributed by atoms with Crippen molar-refractivity contribution in [1.82, 2.24) is 9.88 Å². The molecule has 2 amide bonds. The van der Waals surface area contributed by atoms with Crippen molar-refractivity contribution < 1.29 is 14.3 Å². The van der Waals surface area contributed by atoms with Gasteiger partial charge in [0, 0.05) is 23.4 Å². The van der Waals surface area contributed by atoms with Gasteiger partial charge in [-0.15, -0.1) is 0 Å². The lowest BCUT2D eigenvalue weighted by molar-refractivity contribution is -0.116. The monoisotopic (exact) mass is 481 g/mol. The minimum atomic E-state index is -0.354. The number of halogens is 1. The van der Waals surface area contributed by atoms with Crippen LogP contribution in [0.1, 0.15) is 27.0 Å². The minimum Gasteiger partial charge on any atom is -0.438 e. The maximum absolute atomic E-state index is 13.0. The first kappa shape index (κ1) is 22.5. The molecule has 0 unspecified atom stereocenters. The van der Waals surface area contributed by atoms with Crippen LogP contribution in [0.25, 0.3) is 0 Å². The van der Waals surface area contributed by atoms with Gasteiger partial charge in [0.15, 0.2) is 0 Å². The van der Waals surface area contributed by atoms with Crippen molar-refractivity contribution in [1.29, 1.82) is 0 Å². The Morgan fingerprint density at radius 3 is 2.35 bits per heavy atom. The van der Waals surface area contributed by atoms with E-state index >= 15 is 0 Å². The van der Waals surface area contributed by atoms with Crippen molar-refractivity contribution in [2.24, 2.45) is 0 Å². The normalized spacial score (nSPS) is 10.5. The third kappa shape index (κ3) is 5.70. The van der Waals surface area contributed by atoms with E-state index in [0.29, 0.717) is 5.75 Å². The fourth-order valence-electron chi connectivity index (χ4n) is 3.30. The van der Waals surface area contributed by atoms with Crippen molar-refractivity contribution in [2.45, 2.75) is 20.8 Å². The van der Waals surface area contributed by atoms with Crippen LogP contribution in [0.4, 0.5) is 5.69 Å². The van der Waals surface area contributed by atoms with E-state index in [9.17, 15) is 9.59 Å². The molecule has 3 aromatic rings. The summed E-state index contributed by atoms with van der Waals surface area (Å²) in [5.74, 6) is 0.117. The van der Waals surface area contributed by atoms with Crippen molar-refractivity contribution >= 4 is 33.4 Å². The second-order valence-electron chi connectivity index (χ2n) is 7.40. The summed E-state index contributed by atoms with van der Waals surface area (Å²) < 4.78 is 6.72. The van der Waals surface area contributed by atoms with Crippen LogP contribution in [0.15, 0.2) is 59.2 Å². The molecule has 1 heterocycles. The zero-order valence-corrected chi connectivity index (χ0v) is 19.5. The quantitative estimate of drug-likeness (QED) is 0.520. The first-order valence-electron chi connectivity index (χ1n) is 9.76. The Hall–Kier alpha value is -3.19. The van der Waals surface area contributed by atoms with E-state index in [4.69, 9.17) is 4.74 Å². The van der Waals surface area contributed by atoms with Crippen molar-refractivity contribution in [3.63, 3.8) is 0 Å². The maximum atomic E-state index is 13.0. The smallest absolute Gasteiger partial charge is 0.259 e. The lowest BCUT2D eigenvalue weighted by Gasteiger charge is -2.19. The summed E-state index contributed by atoms with van der Waals surface area (Å²) in [6.45, 7) is 5.82. The highest BCUT2D eigenvalue weighted by atomic mass is 79.9. The molecule has 0 saturated heterocycles. The highest BCUT2D eigenvalue weighted by molar-refractivity contribution is 9.10. The number of nitrogens with one attached hydrogen (secondary N) is 1. The lowest BCUT2D eigenvalue weighted by atomic mass is 10.1. The number of anilines is 1. The van der Waals surface area contributed by atoms with E-state index in [1.807, 2.05) is 45.0 Å². The van der Waals surface area contributed by atoms with Crippen molar-refractivity contribution in [3.05, 3.63) is 81.5 Å². The Kier molecular flexibility index (Phi) is 7.07. The van der Waals surface area contributed by atoms with Gasteiger partial charge >= 0.3 is 0 Å². The average molecular weight is 482 g/mol. The number of aryl methyl sites for hydroxylation is 3. The van der Waals surface area contributed by atoms with Gasteiger partial charge in [-0.25, -0.2) is 4.98 Å². The highest BCUT2D eigenvalue weighted by Gasteiger charge is 2.21. The third-order valence-electron chi connectivity index (χ3n) is 4.70. The summed E-state index contributed by atoms with van der Waals surface area (Å²) in [7, 11) is 1.58. The van der Waals surface area contributed by atoms with Crippen molar-refractivity contribution in [3.8, 4) is 11.6 Å². The molecular weight excluding hydrogens is 458 g/mol. The topological polar surface area (TPSA) is 71.5 Å². The first-order chi connectivity index (χ1) is 14.7. The number of amides is 2. The number of hydrogen-bond donors (Lipinski definition) is 1. The Balaban J connectivity index is 1.71. The molecule has 1 aromatic heterocycles. The van der Waals surface area contributed by atoms with E-state index in [2.05, 4.69) is 26.2 Å². The number of ether oxygens (including phenoxy) is 1. The number of benzene rings is 2. The second-order valence-corrected chi connectivity index (χ2v) is 8.31. The van der Waals surface area contributed by atoms with E-state index < -0.39 is 0 Å². The predicted molar refractivity (Wildman–Crippen MR) is 125 cm³/mol. The summed E-state index contributed by atoms with van der Waals surface area (Å²) in [6, 6.07) is 14.5. The van der Waals surface area contributed by atoms with E-state index in [1.165, 1.54) is 4.90 Å². The first-order valence-corrected chi connectivity index (χ1v) is 10.6. The van der Waals surface area contributed by atoms with Crippen LogP contribution in [0.2, 0.25) is 0 Å². The number of pyridine rings is 1. The Morgan fingerprint density at radius 1 is 1.06 bits per heavy atom. The summed E-state index contributed by atoms with van der Waals surface area (Å²) >= 11 is 3.38. The highest BCUT2D eigenvalue weighted by Crippen LogP contribution is 2.25. The Bertz CT molecular complexity index is 1090. The number of aromatic nitrogens is 1. The van der Waals surface area contributed by atoms with Crippen LogP contribution < -0.4 is 10.1 Å². The molecule has 0 saturated carbocycles. The van der Waals surface area contributed by atoms with Crippen molar-refractivity contribution in [2.75, 3.05) is 18.9 Å². The predicted octanol–water partition coefficient (Wildman–Crippen LogP) is 5.27. The molecule has 3 rings (SSSR count). The van der Waals surface area contributed by atoms with E-state index in [0.717, 1.165) is 26.9 Å². The fourth-order valence-corrected chi connectivity index (χ4v) is 3.56. The average Bonchev–Trinajstić information content (AvgIpc) is 2.72. The van der Waals surface area contributed by atoms with Crippen LogP contribution in [0.5, 0.6) is 11.6 Å². The van der Waals surface area contributed by atoms with Gasteiger partial charge < -0.3 is 15.0 Å². The zero-order chi connectivity index (χ0) is 22.5. The zero-order valence-electron chi connectivity index (χ0n) is 17.9. The number of nitrogens with zero attached hydrogens (tertiary/aromatic N) is 2. The number of carbonyl (C=O) groups is 2. The van der Waals surface area contributed by atoms with Gasteiger partial charge in [-0.3, -0.25) is 9.59 Å². The molecule has 1 N–H and O–H groups in total. The number of carbonyl (C=O) groups excluding carboxylic acids is 2. The molecule has 6 nitrogen and oxygen atoms in total. The summed E-state index contributed by atoms with van der Waals surface area (Å²) in [5.41, 5.74) is 4.16. The second kappa shape index (κ2) is 9.75. The van der Waals surface area contributed by atoms with Crippen LogP contribution >= 0.6 is 15.9 Å². The van der Waals surface area contributed by atoms with Crippen LogP contribution in [0.3, 0.4) is 0 Å². The molecule has 2 aromatic carbocycles. The lowest BCUT2D eigenvalue weighted by Crippen LogP contribution is -2.35. The largest absolute Gasteiger partial charge is 0.438 e. The van der Waals surface area contributed by atoms with E-state index in [1.54, 1.807) is 37.5 Å². The van der Waals surface area contributed by atoms with Crippen LogP contribution in [0, 0.1) is 20.8 Å². The molecule has 160 valence electrons. The summed E-state index contributed by atoms with van der Waals surface area (Å²) in [5, 5.41) is 2.92. The molecule has 31 heavy (non-hydrogen) atoms. The molecule has 0 fully saturated rings. The summed E-state index contributed by atoms with van der Waals surface area (Å²) in [6.07, 6.45) is 1.56. The van der Waals surface area contributed by atoms with Gasteiger partial charge in [0.05, 0.1) is 6.54 Å². The Morgan fingerprint density at radius 2 is 1.71 bits per heavy atom. The molecule has 0 radical (unpaired) electrons. The molecule has 0 aliphatic rings. The van der Waals surface area contributed by atoms with Gasteiger partial charge in [0.1, 0.15) is 11.3 Å². The number of rotatable bonds is 6. The molecule has 0 spiro atoms. The SMILES string of the molecule is Cc1cc(C)c(NC(=O)CN(C)C(=O)c2cccnc2Oc2ccc(Br)cc2)c(C)c1. The molecule has 7 heteroatoms. The van der Waals surface area contributed by atoms with Crippen LogP contribution in [-0.2, 0) is 4.79 Å². The molecule has 0 bridgehead atoms. The number of hydrogen-bond acceptors (Lipinski definition) is 4. The van der Waals surface area contributed by atoms with Gasteiger partial charge in [-0.05, 0) is 68.3 Å². The summed E-state index contributed by atoms with van der Waals surface area (Å²) in [4.78, 5) is 31.1. The van der Waals surface area contributed by atoms with Crippen LogP contribution in [-0.4, -0.2) is 35.3 Å². The van der Waals surface area contributed by atoms with Gasteiger partial charge in [-0.2, -0.15) is 0 Å². The maximum Gasteiger partial charge on any atom is 0.259 e. The molecular formula is C24H24BrN3O3. The minimum absolute atomic E-state index is 0.0990. The number of likely N-dealkylation sites (N-methyl/N-ethyl adjacent to an activating group) is 1. The molecule has 0 atom stereocenters. The third-order valence-corrected chi connectivity index (χ3v) is 5.23. The van der Waals surface area contributed by atoms with Gasteiger partial charge in [0.2, 0.25) is 11.8 Å². The molecule has 0 aliphatic carbocycles. The van der Waals surface area contributed by atoms with E-state index in [-0.39, 0.29) is 29.8 Å². The Labute approximate surface area is 190 Å². The standard InChI is InChI=1S/C24H24BrN3O3/c1-15-12-16(2)22(17(3)13-15)27-21(29)14-28(4)24(30)20-6-5-11-26-23(20)31-19-9-7-18(25)8-10-19/h5-13H,14H2,1-4H3,(H,27,29). The van der Waals surface area contributed by atoms with Gasteiger partial charge in [0.25, 0.3) is 5.91 Å². The molecule has 0 aliphatic heterocycles. The van der Waals surface area contributed by atoms with Gasteiger partial charge in [-0.1, -0.05) is 33.6 Å².